The molecule has 3 rings (SSSR count). The van der Waals surface area contributed by atoms with Crippen molar-refractivity contribution in [3.63, 3.8) is 0 Å². The highest BCUT2D eigenvalue weighted by molar-refractivity contribution is 6.31. The summed E-state index contributed by atoms with van der Waals surface area (Å²) in [5.41, 5.74) is 7.45. The maximum Gasteiger partial charge on any atom is 0.221 e. The summed E-state index contributed by atoms with van der Waals surface area (Å²) < 4.78 is 0. The number of piperidine rings is 1. The monoisotopic (exact) mass is 280 g/mol. The Morgan fingerprint density at radius 2 is 2.32 bits per heavy atom. The van der Waals surface area contributed by atoms with Gasteiger partial charge in [0.2, 0.25) is 5.91 Å². The minimum Gasteiger partial charge on any atom is -0.339 e. The fraction of sp³-hybridized carbons (Fsp3) is 0.538. The van der Waals surface area contributed by atoms with Crippen molar-refractivity contribution in [3.05, 3.63) is 29.0 Å². The number of halogens is 1. The zero-order chi connectivity index (χ0) is 13.4. The molecule has 1 aromatic rings. The fourth-order valence-electron chi connectivity index (χ4n) is 3.21. The summed E-state index contributed by atoms with van der Waals surface area (Å²) in [5.74, 6) is 0.495. The van der Waals surface area contributed by atoms with Crippen LogP contribution in [0.4, 0.5) is 0 Å². The Hall–Kier alpha value is -1.17. The number of pyridine rings is 1. The van der Waals surface area contributed by atoms with Gasteiger partial charge in [-0.1, -0.05) is 18.5 Å². The van der Waals surface area contributed by atoms with Crippen molar-refractivity contribution in [1.29, 1.82) is 0 Å². The Labute approximate surface area is 117 Å². The molecule has 4 unspecified atom stereocenters. The molecular formula is C13H17ClN4O. The topological polar surface area (TPSA) is 66.0 Å². The van der Waals surface area contributed by atoms with E-state index in [0.717, 1.165) is 12.0 Å². The van der Waals surface area contributed by atoms with E-state index in [4.69, 9.17) is 11.6 Å². The van der Waals surface area contributed by atoms with E-state index in [1.807, 2.05) is 6.07 Å². The lowest BCUT2D eigenvalue weighted by Gasteiger charge is -2.36. The van der Waals surface area contributed by atoms with Crippen LogP contribution in [0.25, 0.3) is 0 Å². The van der Waals surface area contributed by atoms with Crippen molar-refractivity contribution in [2.75, 3.05) is 0 Å². The third-order valence-corrected chi connectivity index (χ3v) is 4.42. The van der Waals surface area contributed by atoms with Crippen molar-refractivity contribution in [2.45, 2.75) is 37.9 Å². The normalized spacial score (nSPS) is 33.9. The molecule has 102 valence electrons. The van der Waals surface area contributed by atoms with Gasteiger partial charge in [-0.05, 0) is 18.1 Å². The first kappa shape index (κ1) is 12.8. The number of rotatable bonds is 2. The standard InChI is InChI=1S/C13H17ClN4O/c1-2-10-12-8(7-3-4-15-6-9(7)14)5-11(19)16-13(12)18-17-10/h3-4,6,8,10,12-13,17-18H,2,5H2,1H3,(H,16,19). The zero-order valence-electron chi connectivity index (χ0n) is 10.7. The predicted octanol–water partition coefficient (Wildman–Crippen LogP) is 1.17. The first-order chi connectivity index (χ1) is 9.20. The minimum atomic E-state index is -0.0274. The average Bonchev–Trinajstić information content (AvgIpc) is 2.81. The van der Waals surface area contributed by atoms with E-state index < -0.39 is 0 Å². The molecule has 0 radical (unpaired) electrons. The second kappa shape index (κ2) is 5.07. The molecule has 3 N–H and O–H groups in total. The first-order valence-corrected chi connectivity index (χ1v) is 6.98. The lowest BCUT2D eigenvalue weighted by molar-refractivity contribution is -0.125. The van der Waals surface area contributed by atoms with Crippen molar-refractivity contribution < 1.29 is 4.79 Å². The number of aromatic nitrogens is 1. The van der Waals surface area contributed by atoms with Crippen LogP contribution in [-0.4, -0.2) is 23.1 Å². The number of nitrogens with one attached hydrogen (secondary N) is 3. The smallest absolute Gasteiger partial charge is 0.221 e. The molecule has 4 atom stereocenters. The maximum absolute atomic E-state index is 11.9. The van der Waals surface area contributed by atoms with Gasteiger partial charge in [0.1, 0.15) is 0 Å². The molecule has 0 aliphatic carbocycles. The van der Waals surface area contributed by atoms with Crippen LogP contribution in [0.15, 0.2) is 18.5 Å². The van der Waals surface area contributed by atoms with Crippen molar-refractivity contribution in [1.82, 2.24) is 21.2 Å². The van der Waals surface area contributed by atoms with E-state index in [1.165, 1.54) is 0 Å². The van der Waals surface area contributed by atoms with Gasteiger partial charge in [0, 0.05) is 36.7 Å². The number of hydrogen-bond donors (Lipinski definition) is 3. The molecule has 2 aliphatic heterocycles. The summed E-state index contributed by atoms with van der Waals surface area (Å²) in [6.45, 7) is 2.14. The van der Waals surface area contributed by atoms with Gasteiger partial charge in [0.25, 0.3) is 0 Å². The number of hydrazine groups is 1. The quantitative estimate of drug-likeness (QED) is 0.761. The zero-order valence-corrected chi connectivity index (χ0v) is 11.4. The van der Waals surface area contributed by atoms with Crippen molar-refractivity contribution in [3.8, 4) is 0 Å². The van der Waals surface area contributed by atoms with Crippen molar-refractivity contribution >= 4 is 17.5 Å². The van der Waals surface area contributed by atoms with Crippen LogP contribution in [0.5, 0.6) is 0 Å². The predicted molar refractivity (Wildman–Crippen MR) is 72.4 cm³/mol. The van der Waals surface area contributed by atoms with Crippen LogP contribution in [0.2, 0.25) is 5.02 Å². The molecule has 0 spiro atoms. The molecule has 0 bridgehead atoms. The highest BCUT2D eigenvalue weighted by atomic mass is 35.5. The first-order valence-electron chi connectivity index (χ1n) is 6.60. The molecule has 2 saturated heterocycles. The Kier molecular flexibility index (Phi) is 3.43. The fourth-order valence-corrected chi connectivity index (χ4v) is 3.47. The number of amides is 1. The average molecular weight is 281 g/mol. The van der Waals surface area contributed by atoms with E-state index in [9.17, 15) is 4.79 Å². The molecule has 19 heavy (non-hydrogen) atoms. The van der Waals surface area contributed by atoms with Crippen LogP contribution in [0.1, 0.15) is 31.2 Å². The van der Waals surface area contributed by atoms with Crippen molar-refractivity contribution in [2.24, 2.45) is 5.92 Å². The van der Waals surface area contributed by atoms with Crippen LogP contribution in [-0.2, 0) is 4.79 Å². The number of nitrogens with zero attached hydrogens (tertiary/aromatic N) is 1. The number of carbonyl (C=O) groups excluding carboxylic acids is 1. The molecule has 0 saturated carbocycles. The largest absolute Gasteiger partial charge is 0.339 e. The third kappa shape index (κ3) is 2.22. The van der Waals surface area contributed by atoms with Crippen LogP contribution >= 0.6 is 11.6 Å². The number of hydrogen-bond acceptors (Lipinski definition) is 4. The van der Waals surface area contributed by atoms with Gasteiger partial charge >= 0.3 is 0 Å². The van der Waals surface area contributed by atoms with E-state index >= 15 is 0 Å². The van der Waals surface area contributed by atoms with Gasteiger partial charge < -0.3 is 5.32 Å². The van der Waals surface area contributed by atoms with E-state index in [2.05, 4.69) is 28.1 Å². The molecular weight excluding hydrogens is 264 g/mol. The maximum atomic E-state index is 11.9. The molecule has 0 aromatic carbocycles. The summed E-state index contributed by atoms with van der Waals surface area (Å²) in [5, 5.41) is 3.63. The van der Waals surface area contributed by atoms with Gasteiger partial charge in [-0.15, -0.1) is 0 Å². The summed E-state index contributed by atoms with van der Waals surface area (Å²) in [6.07, 6.45) is 4.84. The Balaban J connectivity index is 1.97. The third-order valence-electron chi connectivity index (χ3n) is 4.10. The molecule has 2 fully saturated rings. The van der Waals surface area contributed by atoms with Crippen LogP contribution < -0.4 is 16.2 Å². The van der Waals surface area contributed by atoms with Gasteiger partial charge in [-0.3, -0.25) is 15.2 Å². The van der Waals surface area contributed by atoms with Gasteiger partial charge in [0.05, 0.1) is 11.2 Å². The van der Waals surface area contributed by atoms with E-state index in [0.29, 0.717) is 23.4 Å². The Bertz CT molecular complexity index is 495. The molecule has 5 nitrogen and oxygen atoms in total. The summed E-state index contributed by atoms with van der Waals surface area (Å²) >= 11 is 6.25. The second-order valence-corrected chi connectivity index (χ2v) is 5.54. The lowest BCUT2D eigenvalue weighted by atomic mass is 9.75. The second-order valence-electron chi connectivity index (χ2n) is 5.13. The highest BCUT2D eigenvalue weighted by Crippen LogP contribution is 2.40. The molecule has 2 aliphatic rings. The minimum absolute atomic E-state index is 0.0274. The molecule has 3 heterocycles. The number of fused-ring (bicyclic) bond motifs is 1. The number of carbonyl (C=O) groups is 1. The van der Waals surface area contributed by atoms with Crippen LogP contribution in [0, 0.1) is 5.92 Å². The Morgan fingerprint density at radius 3 is 3.05 bits per heavy atom. The van der Waals surface area contributed by atoms with E-state index in [1.54, 1.807) is 12.4 Å². The van der Waals surface area contributed by atoms with Gasteiger partial charge in [-0.2, -0.15) is 0 Å². The lowest BCUT2D eigenvalue weighted by Crippen LogP contribution is -2.52. The molecule has 1 amide bonds. The summed E-state index contributed by atoms with van der Waals surface area (Å²) in [4.78, 5) is 15.9. The summed E-state index contributed by atoms with van der Waals surface area (Å²) in [6, 6.07) is 2.26. The molecule has 6 heteroatoms. The molecule has 1 aromatic heterocycles. The van der Waals surface area contributed by atoms with E-state index in [-0.39, 0.29) is 18.0 Å². The highest BCUT2D eigenvalue weighted by Gasteiger charge is 2.45. The SMILES string of the molecule is CCC1NNC2NC(=O)CC(c3ccncc3Cl)C12. The Morgan fingerprint density at radius 1 is 1.47 bits per heavy atom. The van der Waals surface area contributed by atoms with Gasteiger partial charge in [0.15, 0.2) is 0 Å². The van der Waals surface area contributed by atoms with Crippen LogP contribution in [0.3, 0.4) is 0 Å². The summed E-state index contributed by atoms with van der Waals surface area (Å²) in [7, 11) is 0. The van der Waals surface area contributed by atoms with Gasteiger partial charge in [-0.25, -0.2) is 5.43 Å².